The van der Waals surface area contributed by atoms with Gasteiger partial charge in [-0.2, -0.15) is 13.2 Å². The Labute approximate surface area is 117 Å². The van der Waals surface area contributed by atoms with Crippen molar-refractivity contribution >= 4 is 5.91 Å². The zero-order valence-corrected chi connectivity index (χ0v) is 12.3. The lowest BCUT2D eigenvalue weighted by atomic mass is 9.90. The molecule has 0 radical (unpaired) electrons. The number of nitrogens with zero attached hydrogens (tertiary/aromatic N) is 1. The summed E-state index contributed by atoms with van der Waals surface area (Å²) in [7, 11) is 0. The van der Waals surface area contributed by atoms with E-state index in [9.17, 15) is 18.0 Å². The van der Waals surface area contributed by atoms with Crippen LogP contribution in [0.3, 0.4) is 0 Å². The number of carbonyl (C=O) groups excluding carboxylic acids is 1. The molecular formula is C13H24F3N3O. The summed E-state index contributed by atoms with van der Waals surface area (Å²) in [4.78, 5) is 13.1. The fourth-order valence-electron chi connectivity index (χ4n) is 2.62. The number of carbonyl (C=O) groups is 1. The number of rotatable bonds is 8. The van der Waals surface area contributed by atoms with Crippen molar-refractivity contribution in [3.05, 3.63) is 0 Å². The maximum absolute atomic E-state index is 12.6. The van der Waals surface area contributed by atoms with E-state index in [0.29, 0.717) is 0 Å². The molecule has 1 saturated carbocycles. The van der Waals surface area contributed by atoms with Gasteiger partial charge in [0.15, 0.2) is 0 Å². The molecule has 0 spiro atoms. The summed E-state index contributed by atoms with van der Waals surface area (Å²) >= 11 is 0. The number of primary amides is 1. The lowest BCUT2D eigenvalue weighted by Gasteiger charge is -2.38. The zero-order valence-electron chi connectivity index (χ0n) is 12.3. The molecule has 1 atom stereocenters. The smallest absolute Gasteiger partial charge is 0.368 e. The molecule has 4 nitrogen and oxygen atoms in total. The van der Waals surface area contributed by atoms with Gasteiger partial charge in [0.1, 0.15) is 5.54 Å². The summed E-state index contributed by atoms with van der Waals surface area (Å²) in [5.41, 5.74) is 4.46. The lowest BCUT2D eigenvalue weighted by Crippen LogP contribution is -2.65. The molecule has 118 valence electrons. The van der Waals surface area contributed by atoms with E-state index in [-0.39, 0.29) is 25.0 Å². The number of amides is 1. The highest BCUT2D eigenvalue weighted by Crippen LogP contribution is 2.40. The van der Waals surface area contributed by atoms with E-state index >= 15 is 0 Å². The van der Waals surface area contributed by atoms with E-state index < -0.39 is 24.2 Å². The van der Waals surface area contributed by atoms with Crippen LogP contribution in [0.15, 0.2) is 0 Å². The zero-order chi connectivity index (χ0) is 15.6. The van der Waals surface area contributed by atoms with Gasteiger partial charge < -0.3 is 5.73 Å². The van der Waals surface area contributed by atoms with Gasteiger partial charge in [0.05, 0.1) is 6.54 Å². The number of hydrogen-bond donors (Lipinski definition) is 2. The molecule has 0 heterocycles. The molecule has 1 unspecified atom stereocenters. The van der Waals surface area contributed by atoms with Crippen molar-refractivity contribution in [2.24, 2.45) is 11.7 Å². The SMILES string of the molecule is CCN(CC(F)(F)F)CC(NC(C)C)(C(N)=O)C1CC1. The predicted molar refractivity (Wildman–Crippen MR) is 71.1 cm³/mol. The summed E-state index contributed by atoms with van der Waals surface area (Å²) in [6.45, 7) is 4.58. The van der Waals surface area contributed by atoms with E-state index in [1.54, 1.807) is 6.92 Å². The minimum absolute atomic E-state index is 0.00118. The summed E-state index contributed by atoms with van der Waals surface area (Å²) in [6, 6.07) is -0.0207. The minimum atomic E-state index is -4.28. The molecule has 3 N–H and O–H groups in total. The lowest BCUT2D eigenvalue weighted by molar-refractivity contribution is -0.150. The molecule has 0 aromatic rings. The number of nitrogens with two attached hydrogens (primary N) is 1. The average Bonchev–Trinajstić information content (AvgIpc) is 3.07. The third-order valence-electron chi connectivity index (χ3n) is 3.58. The molecule has 1 amide bonds. The van der Waals surface area contributed by atoms with E-state index in [1.165, 1.54) is 4.90 Å². The molecule has 1 fully saturated rings. The van der Waals surface area contributed by atoms with Crippen LogP contribution in [0.2, 0.25) is 0 Å². The van der Waals surface area contributed by atoms with Gasteiger partial charge in [-0.3, -0.25) is 15.0 Å². The van der Waals surface area contributed by atoms with Gasteiger partial charge >= 0.3 is 6.18 Å². The van der Waals surface area contributed by atoms with Crippen LogP contribution in [0.5, 0.6) is 0 Å². The van der Waals surface area contributed by atoms with Crippen molar-refractivity contribution < 1.29 is 18.0 Å². The Morgan fingerprint density at radius 1 is 1.35 bits per heavy atom. The van der Waals surface area contributed by atoms with Crippen molar-refractivity contribution in [1.82, 2.24) is 10.2 Å². The first-order chi connectivity index (χ1) is 9.10. The first-order valence-electron chi connectivity index (χ1n) is 6.97. The Morgan fingerprint density at radius 2 is 1.90 bits per heavy atom. The molecule has 0 aliphatic heterocycles. The van der Waals surface area contributed by atoms with Crippen LogP contribution in [-0.2, 0) is 4.79 Å². The fourth-order valence-corrected chi connectivity index (χ4v) is 2.62. The third kappa shape index (κ3) is 4.63. The maximum Gasteiger partial charge on any atom is 0.401 e. The van der Waals surface area contributed by atoms with Gasteiger partial charge in [0, 0.05) is 12.6 Å². The topological polar surface area (TPSA) is 58.4 Å². The van der Waals surface area contributed by atoms with E-state index in [0.717, 1.165) is 12.8 Å². The predicted octanol–water partition coefficient (Wildman–Crippen LogP) is 1.50. The van der Waals surface area contributed by atoms with Crippen molar-refractivity contribution in [2.75, 3.05) is 19.6 Å². The largest absolute Gasteiger partial charge is 0.401 e. The quantitative estimate of drug-likeness (QED) is 0.713. The number of halogens is 3. The Bertz CT molecular complexity index is 342. The van der Waals surface area contributed by atoms with Crippen LogP contribution in [0.25, 0.3) is 0 Å². The second-order valence-electron chi connectivity index (χ2n) is 5.83. The Morgan fingerprint density at radius 3 is 2.20 bits per heavy atom. The van der Waals surface area contributed by atoms with Crippen molar-refractivity contribution in [3.8, 4) is 0 Å². The number of alkyl halides is 3. The highest BCUT2D eigenvalue weighted by atomic mass is 19.4. The van der Waals surface area contributed by atoms with Gasteiger partial charge in [-0.1, -0.05) is 6.92 Å². The summed E-state index contributed by atoms with van der Waals surface area (Å²) in [6.07, 6.45) is -2.63. The minimum Gasteiger partial charge on any atom is -0.368 e. The highest BCUT2D eigenvalue weighted by Gasteiger charge is 2.51. The van der Waals surface area contributed by atoms with Crippen LogP contribution in [0.1, 0.15) is 33.6 Å². The molecular weight excluding hydrogens is 271 g/mol. The number of nitrogens with one attached hydrogen (secondary N) is 1. The van der Waals surface area contributed by atoms with Crippen LogP contribution in [0.4, 0.5) is 13.2 Å². The van der Waals surface area contributed by atoms with Crippen molar-refractivity contribution in [2.45, 2.75) is 51.4 Å². The summed E-state index contributed by atoms with van der Waals surface area (Å²) in [5.74, 6) is -0.529. The maximum atomic E-state index is 12.6. The van der Waals surface area contributed by atoms with Gasteiger partial charge in [0.25, 0.3) is 0 Å². The molecule has 0 bridgehead atoms. The van der Waals surface area contributed by atoms with E-state index in [2.05, 4.69) is 5.32 Å². The van der Waals surface area contributed by atoms with Crippen LogP contribution >= 0.6 is 0 Å². The number of likely N-dealkylation sites (N-methyl/N-ethyl adjacent to an activating group) is 1. The monoisotopic (exact) mass is 295 g/mol. The molecule has 7 heteroatoms. The number of hydrogen-bond acceptors (Lipinski definition) is 3. The van der Waals surface area contributed by atoms with Gasteiger partial charge in [0.2, 0.25) is 5.91 Å². The molecule has 20 heavy (non-hydrogen) atoms. The first kappa shape index (κ1) is 17.2. The van der Waals surface area contributed by atoms with Crippen LogP contribution in [-0.4, -0.2) is 48.2 Å². The first-order valence-corrected chi connectivity index (χ1v) is 6.97. The van der Waals surface area contributed by atoms with E-state index in [1.807, 2.05) is 13.8 Å². The molecule has 0 saturated heterocycles. The van der Waals surface area contributed by atoms with Gasteiger partial charge in [-0.15, -0.1) is 0 Å². The van der Waals surface area contributed by atoms with Gasteiger partial charge in [-0.25, -0.2) is 0 Å². The van der Waals surface area contributed by atoms with Crippen LogP contribution < -0.4 is 11.1 Å². The van der Waals surface area contributed by atoms with Crippen LogP contribution in [0, 0.1) is 5.92 Å². The van der Waals surface area contributed by atoms with Crippen molar-refractivity contribution in [1.29, 1.82) is 0 Å². The average molecular weight is 295 g/mol. The second-order valence-corrected chi connectivity index (χ2v) is 5.83. The molecule has 1 aliphatic carbocycles. The molecule has 0 aromatic carbocycles. The molecule has 0 aromatic heterocycles. The summed E-state index contributed by atoms with van der Waals surface area (Å²) in [5, 5.41) is 3.12. The van der Waals surface area contributed by atoms with Gasteiger partial charge in [-0.05, 0) is 39.2 Å². The Hall–Kier alpha value is -0.820. The summed E-state index contributed by atoms with van der Waals surface area (Å²) < 4.78 is 37.7. The molecule has 1 aliphatic rings. The second kappa shape index (κ2) is 6.30. The normalized spacial score (nSPS) is 19.4. The molecule has 1 rings (SSSR count). The fraction of sp³-hybridized carbons (Fsp3) is 0.923. The standard InChI is InChI=1S/C13H24F3N3O/c1-4-19(8-13(14,15)16)7-12(11(17)20,10-5-6-10)18-9(2)3/h9-10,18H,4-8H2,1-3H3,(H2,17,20). The third-order valence-corrected chi connectivity index (χ3v) is 3.58. The van der Waals surface area contributed by atoms with E-state index in [4.69, 9.17) is 5.73 Å². The highest BCUT2D eigenvalue weighted by molar-refractivity contribution is 5.86. The van der Waals surface area contributed by atoms with Crippen molar-refractivity contribution in [3.63, 3.8) is 0 Å². The Kier molecular flexibility index (Phi) is 5.43. The Balaban J connectivity index is 2.89.